The van der Waals surface area contributed by atoms with Crippen molar-refractivity contribution < 1.29 is 13.6 Å². The summed E-state index contributed by atoms with van der Waals surface area (Å²) in [4.78, 5) is 14.3. The van der Waals surface area contributed by atoms with Gasteiger partial charge in [0.05, 0.1) is 6.73 Å². The minimum Gasteiger partial charge on any atom is -0.398 e. The van der Waals surface area contributed by atoms with E-state index in [4.69, 9.17) is 8.85 Å². The van der Waals surface area contributed by atoms with Crippen LogP contribution in [0.3, 0.4) is 0 Å². The minimum absolute atomic E-state index is 0.323. The van der Waals surface area contributed by atoms with E-state index in [9.17, 15) is 4.79 Å². The van der Waals surface area contributed by atoms with E-state index in [1.807, 2.05) is 0 Å². The molecule has 138 valence electrons. The van der Waals surface area contributed by atoms with Gasteiger partial charge in [-0.1, -0.05) is 27.2 Å². The molecule has 0 saturated heterocycles. The smallest absolute Gasteiger partial charge is 0.336 e. The van der Waals surface area contributed by atoms with Crippen LogP contribution in [0.4, 0.5) is 0 Å². The SMILES string of the molecule is CCCC(S)CCCC(=O)CC[Si](C)(OC)OCN(CC)CC. The van der Waals surface area contributed by atoms with Gasteiger partial charge in [-0.15, -0.1) is 0 Å². The topological polar surface area (TPSA) is 38.8 Å². The van der Waals surface area contributed by atoms with Crippen molar-refractivity contribution >= 4 is 27.0 Å². The Morgan fingerprint density at radius 3 is 2.35 bits per heavy atom. The van der Waals surface area contributed by atoms with E-state index in [1.165, 1.54) is 0 Å². The van der Waals surface area contributed by atoms with Gasteiger partial charge in [-0.2, -0.15) is 12.6 Å². The fourth-order valence-corrected chi connectivity index (χ4v) is 4.47. The van der Waals surface area contributed by atoms with Crippen molar-refractivity contribution in [2.24, 2.45) is 0 Å². The van der Waals surface area contributed by atoms with E-state index in [-0.39, 0.29) is 0 Å². The lowest BCUT2D eigenvalue weighted by molar-refractivity contribution is -0.119. The summed E-state index contributed by atoms with van der Waals surface area (Å²) < 4.78 is 11.7. The first-order valence-electron chi connectivity index (χ1n) is 9.01. The Bertz CT molecular complexity index is 316. The molecule has 0 aromatic carbocycles. The summed E-state index contributed by atoms with van der Waals surface area (Å²) >= 11 is 4.54. The molecule has 0 rings (SSSR count). The highest BCUT2D eigenvalue weighted by molar-refractivity contribution is 7.80. The van der Waals surface area contributed by atoms with Crippen LogP contribution in [0.15, 0.2) is 0 Å². The molecular weight excluding hydrogens is 326 g/mol. The highest BCUT2D eigenvalue weighted by Gasteiger charge is 2.31. The maximum Gasteiger partial charge on any atom is 0.336 e. The summed E-state index contributed by atoms with van der Waals surface area (Å²) in [6.07, 6.45) is 5.48. The van der Waals surface area contributed by atoms with Gasteiger partial charge in [0.2, 0.25) is 0 Å². The average molecular weight is 364 g/mol. The third kappa shape index (κ3) is 11.3. The molecule has 0 aliphatic rings. The van der Waals surface area contributed by atoms with E-state index in [0.717, 1.165) is 44.8 Å². The molecule has 0 saturated carbocycles. The molecule has 0 aromatic rings. The molecule has 0 fully saturated rings. The van der Waals surface area contributed by atoms with Gasteiger partial charge >= 0.3 is 8.56 Å². The van der Waals surface area contributed by atoms with Gasteiger partial charge in [-0.05, 0) is 44.9 Å². The summed E-state index contributed by atoms with van der Waals surface area (Å²) in [6.45, 7) is 11.0. The van der Waals surface area contributed by atoms with Crippen molar-refractivity contribution in [2.75, 3.05) is 26.9 Å². The van der Waals surface area contributed by atoms with Crippen molar-refractivity contribution in [3.8, 4) is 0 Å². The lowest BCUT2D eigenvalue weighted by atomic mass is 10.1. The van der Waals surface area contributed by atoms with Gasteiger partial charge in [0.25, 0.3) is 0 Å². The Kier molecular flexibility index (Phi) is 13.5. The van der Waals surface area contributed by atoms with Gasteiger partial charge in [0, 0.05) is 25.2 Å². The molecule has 23 heavy (non-hydrogen) atoms. The van der Waals surface area contributed by atoms with Crippen LogP contribution < -0.4 is 0 Å². The van der Waals surface area contributed by atoms with Crippen molar-refractivity contribution in [1.82, 2.24) is 4.90 Å². The van der Waals surface area contributed by atoms with Crippen molar-refractivity contribution in [3.05, 3.63) is 0 Å². The highest BCUT2D eigenvalue weighted by atomic mass is 32.1. The number of ketones is 1. The number of thiol groups is 1. The van der Waals surface area contributed by atoms with Crippen LogP contribution in [-0.4, -0.2) is 51.4 Å². The first-order chi connectivity index (χ1) is 10.9. The zero-order valence-corrected chi connectivity index (χ0v) is 17.7. The molecule has 0 spiro atoms. The van der Waals surface area contributed by atoms with Gasteiger partial charge < -0.3 is 8.85 Å². The maximum atomic E-state index is 12.1. The Balaban J connectivity index is 4.05. The lowest BCUT2D eigenvalue weighted by Gasteiger charge is -2.28. The van der Waals surface area contributed by atoms with Crippen molar-refractivity contribution in [3.63, 3.8) is 0 Å². The fraction of sp³-hybridized carbons (Fsp3) is 0.941. The van der Waals surface area contributed by atoms with Crippen LogP contribution in [0.1, 0.15) is 59.3 Å². The second-order valence-electron chi connectivity index (χ2n) is 6.29. The quantitative estimate of drug-likeness (QED) is 0.268. The zero-order valence-electron chi connectivity index (χ0n) is 15.8. The highest BCUT2D eigenvalue weighted by Crippen LogP contribution is 2.18. The first kappa shape index (κ1) is 23.1. The summed E-state index contributed by atoms with van der Waals surface area (Å²) in [6, 6.07) is 0.739. The molecule has 0 amide bonds. The molecule has 0 radical (unpaired) electrons. The van der Waals surface area contributed by atoms with Gasteiger partial charge in [0.1, 0.15) is 5.78 Å². The molecule has 0 heterocycles. The Morgan fingerprint density at radius 1 is 1.17 bits per heavy atom. The number of carbonyl (C=O) groups excluding carboxylic acids is 1. The summed E-state index contributed by atoms with van der Waals surface area (Å²) in [5.74, 6) is 0.323. The minimum atomic E-state index is -2.23. The molecule has 2 unspecified atom stereocenters. The predicted octanol–water partition coefficient (Wildman–Crippen LogP) is 4.25. The van der Waals surface area contributed by atoms with Crippen molar-refractivity contribution in [2.45, 2.75) is 77.1 Å². The molecule has 0 aliphatic heterocycles. The Hall–Kier alpha value is 0.117. The van der Waals surface area contributed by atoms with E-state index < -0.39 is 8.56 Å². The van der Waals surface area contributed by atoms with Crippen LogP contribution in [0.2, 0.25) is 12.6 Å². The zero-order chi connectivity index (χ0) is 17.7. The Labute approximate surface area is 150 Å². The second-order valence-corrected chi connectivity index (χ2v) is 10.5. The van der Waals surface area contributed by atoms with Crippen LogP contribution in [0.25, 0.3) is 0 Å². The van der Waals surface area contributed by atoms with Crippen LogP contribution >= 0.6 is 12.6 Å². The molecule has 0 aliphatic carbocycles. The molecule has 4 nitrogen and oxygen atoms in total. The Morgan fingerprint density at radius 2 is 1.83 bits per heavy atom. The third-order valence-electron chi connectivity index (χ3n) is 4.35. The van der Waals surface area contributed by atoms with Crippen LogP contribution in [0.5, 0.6) is 0 Å². The number of hydrogen-bond acceptors (Lipinski definition) is 5. The maximum absolute atomic E-state index is 12.1. The number of Topliss-reactive ketones (excluding diaryl/α,β-unsaturated/α-hetero) is 1. The molecule has 0 aromatic heterocycles. The number of rotatable bonds is 15. The molecule has 2 atom stereocenters. The summed E-state index contributed by atoms with van der Waals surface area (Å²) in [5.41, 5.74) is 0. The standard InChI is InChI=1S/C17H37NO3SSi/c1-6-10-17(22)12-9-11-16(19)13-14-23(5,20-4)21-15-18(7-2)8-3/h17,22H,6-15H2,1-5H3. The van der Waals surface area contributed by atoms with Crippen LogP contribution in [0, 0.1) is 0 Å². The predicted molar refractivity (Wildman–Crippen MR) is 103 cm³/mol. The average Bonchev–Trinajstić information content (AvgIpc) is 2.54. The largest absolute Gasteiger partial charge is 0.398 e. The van der Waals surface area contributed by atoms with E-state index >= 15 is 0 Å². The fourth-order valence-electron chi connectivity index (χ4n) is 2.37. The number of nitrogens with zero attached hydrogens (tertiary/aromatic N) is 1. The number of carbonyl (C=O) groups is 1. The van der Waals surface area contributed by atoms with Crippen molar-refractivity contribution in [1.29, 1.82) is 0 Å². The van der Waals surface area contributed by atoms with E-state index in [1.54, 1.807) is 7.11 Å². The lowest BCUT2D eigenvalue weighted by Crippen LogP contribution is -2.42. The number of hydrogen-bond donors (Lipinski definition) is 1. The first-order valence-corrected chi connectivity index (χ1v) is 12.1. The normalized spacial score (nSPS) is 15.6. The third-order valence-corrected chi connectivity index (χ3v) is 7.63. The molecule has 0 bridgehead atoms. The molecule has 0 N–H and O–H groups in total. The summed E-state index contributed by atoms with van der Waals surface area (Å²) in [7, 11) is -0.529. The summed E-state index contributed by atoms with van der Waals surface area (Å²) in [5, 5.41) is 0.434. The molecular formula is C17H37NO3SSi. The van der Waals surface area contributed by atoms with Gasteiger partial charge in [0.15, 0.2) is 0 Å². The molecule has 6 heteroatoms. The second kappa shape index (κ2) is 13.4. The van der Waals surface area contributed by atoms with Gasteiger partial charge in [-0.25, -0.2) is 0 Å². The van der Waals surface area contributed by atoms with E-state index in [0.29, 0.717) is 30.6 Å². The van der Waals surface area contributed by atoms with Gasteiger partial charge in [-0.3, -0.25) is 9.69 Å². The van der Waals surface area contributed by atoms with E-state index in [2.05, 4.69) is 44.8 Å². The van der Waals surface area contributed by atoms with Crippen LogP contribution in [-0.2, 0) is 13.6 Å². The monoisotopic (exact) mass is 363 g/mol.